The van der Waals surface area contributed by atoms with E-state index in [0.717, 1.165) is 19.3 Å². The Hall–Kier alpha value is -0.610. The van der Waals surface area contributed by atoms with Crippen LogP contribution in [0.25, 0.3) is 0 Å². The molecule has 1 saturated carbocycles. The van der Waals surface area contributed by atoms with Crippen LogP contribution in [0.4, 0.5) is 0 Å². The van der Waals surface area contributed by atoms with Crippen LogP contribution in [0.2, 0.25) is 0 Å². The van der Waals surface area contributed by atoms with E-state index in [-0.39, 0.29) is 12.5 Å². The molecule has 3 unspecified atom stereocenters. The van der Waals surface area contributed by atoms with Gasteiger partial charge in [-0.15, -0.1) is 0 Å². The summed E-state index contributed by atoms with van der Waals surface area (Å²) in [6.45, 7) is 0.161. The maximum Gasteiger partial charge on any atom is 0.306 e. The van der Waals surface area contributed by atoms with Crippen molar-refractivity contribution in [3.05, 3.63) is 0 Å². The Morgan fingerprint density at radius 1 is 1.46 bits per heavy atom. The van der Waals surface area contributed by atoms with E-state index in [4.69, 9.17) is 10.8 Å². The minimum Gasteiger partial charge on any atom is -0.481 e. The number of rotatable bonds is 3. The standard InChI is InChI=1S/C9H17NO3/c10-5-8(11)6-3-1-2-4-7(6)9(12)13/h6-8,11H,1-5,10H2,(H,12,13). The van der Waals surface area contributed by atoms with Crippen LogP contribution in [-0.4, -0.2) is 28.8 Å². The fourth-order valence-electron chi connectivity index (χ4n) is 2.10. The number of nitrogens with two attached hydrogens (primary N) is 1. The van der Waals surface area contributed by atoms with E-state index in [2.05, 4.69) is 0 Å². The smallest absolute Gasteiger partial charge is 0.306 e. The molecule has 1 aliphatic carbocycles. The first-order valence-corrected chi connectivity index (χ1v) is 4.77. The zero-order valence-electron chi connectivity index (χ0n) is 7.65. The third kappa shape index (κ3) is 2.42. The molecular weight excluding hydrogens is 170 g/mol. The Kier molecular flexibility index (Phi) is 3.69. The second-order valence-corrected chi connectivity index (χ2v) is 3.70. The van der Waals surface area contributed by atoms with Gasteiger partial charge in [-0.25, -0.2) is 0 Å². The Bertz CT molecular complexity index is 184. The minimum atomic E-state index is -0.794. The molecule has 1 rings (SSSR count). The van der Waals surface area contributed by atoms with Crippen molar-refractivity contribution in [2.75, 3.05) is 6.54 Å². The highest BCUT2D eigenvalue weighted by Gasteiger charge is 2.34. The summed E-state index contributed by atoms with van der Waals surface area (Å²) >= 11 is 0. The van der Waals surface area contributed by atoms with Gasteiger partial charge in [0.1, 0.15) is 0 Å². The molecule has 1 aliphatic rings. The molecule has 0 amide bonds. The van der Waals surface area contributed by atoms with Gasteiger partial charge in [-0.3, -0.25) is 4.79 Å². The van der Waals surface area contributed by atoms with E-state index in [1.165, 1.54) is 0 Å². The maximum atomic E-state index is 10.8. The molecule has 4 N–H and O–H groups in total. The van der Waals surface area contributed by atoms with Crippen LogP contribution < -0.4 is 5.73 Å². The highest BCUT2D eigenvalue weighted by molar-refractivity contribution is 5.70. The van der Waals surface area contributed by atoms with Crippen LogP contribution >= 0.6 is 0 Å². The number of hydrogen-bond acceptors (Lipinski definition) is 3. The SMILES string of the molecule is NCC(O)C1CCCCC1C(=O)O. The molecule has 0 aromatic carbocycles. The molecule has 4 nitrogen and oxygen atoms in total. The molecule has 0 spiro atoms. The van der Waals surface area contributed by atoms with Gasteiger partial charge < -0.3 is 15.9 Å². The highest BCUT2D eigenvalue weighted by Crippen LogP contribution is 2.32. The summed E-state index contributed by atoms with van der Waals surface area (Å²) in [4.78, 5) is 10.8. The summed E-state index contributed by atoms with van der Waals surface area (Å²) in [7, 11) is 0. The zero-order valence-corrected chi connectivity index (χ0v) is 7.65. The van der Waals surface area contributed by atoms with Crippen molar-refractivity contribution in [1.82, 2.24) is 0 Å². The van der Waals surface area contributed by atoms with E-state index in [1.807, 2.05) is 0 Å². The van der Waals surface area contributed by atoms with Crippen molar-refractivity contribution in [2.24, 2.45) is 17.6 Å². The van der Waals surface area contributed by atoms with Crippen LogP contribution in [0.5, 0.6) is 0 Å². The number of carbonyl (C=O) groups is 1. The normalized spacial score (nSPS) is 31.2. The first-order valence-electron chi connectivity index (χ1n) is 4.77. The van der Waals surface area contributed by atoms with Crippen molar-refractivity contribution >= 4 is 5.97 Å². The molecule has 0 aromatic heterocycles. The Labute approximate surface area is 77.7 Å². The minimum absolute atomic E-state index is 0.142. The van der Waals surface area contributed by atoms with Crippen molar-refractivity contribution in [2.45, 2.75) is 31.8 Å². The van der Waals surface area contributed by atoms with Crippen molar-refractivity contribution in [3.63, 3.8) is 0 Å². The zero-order chi connectivity index (χ0) is 9.84. The first-order chi connectivity index (χ1) is 6.16. The fourth-order valence-corrected chi connectivity index (χ4v) is 2.10. The number of aliphatic hydroxyl groups is 1. The molecule has 1 fully saturated rings. The lowest BCUT2D eigenvalue weighted by atomic mass is 9.76. The molecule has 0 radical (unpaired) electrons. The largest absolute Gasteiger partial charge is 0.481 e. The molecular formula is C9H17NO3. The highest BCUT2D eigenvalue weighted by atomic mass is 16.4. The average Bonchev–Trinajstić information content (AvgIpc) is 2.16. The Morgan fingerprint density at radius 2 is 2.08 bits per heavy atom. The van der Waals surface area contributed by atoms with Crippen LogP contribution in [0.3, 0.4) is 0 Å². The summed E-state index contributed by atoms with van der Waals surface area (Å²) < 4.78 is 0. The Morgan fingerprint density at radius 3 is 2.62 bits per heavy atom. The van der Waals surface area contributed by atoms with E-state index in [0.29, 0.717) is 6.42 Å². The average molecular weight is 187 g/mol. The number of aliphatic hydroxyl groups excluding tert-OH is 1. The van der Waals surface area contributed by atoms with E-state index < -0.39 is 18.0 Å². The molecule has 0 aromatic rings. The lowest BCUT2D eigenvalue weighted by molar-refractivity contribution is -0.147. The van der Waals surface area contributed by atoms with Gasteiger partial charge in [0, 0.05) is 6.54 Å². The predicted molar refractivity (Wildman–Crippen MR) is 48.1 cm³/mol. The summed E-state index contributed by atoms with van der Waals surface area (Å²) in [6.07, 6.45) is 2.77. The van der Waals surface area contributed by atoms with Crippen LogP contribution in [0, 0.1) is 11.8 Å². The second kappa shape index (κ2) is 4.58. The van der Waals surface area contributed by atoms with Gasteiger partial charge in [0.25, 0.3) is 0 Å². The van der Waals surface area contributed by atoms with Crippen LogP contribution in [0.1, 0.15) is 25.7 Å². The van der Waals surface area contributed by atoms with Gasteiger partial charge in [-0.2, -0.15) is 0 Å². The molecule has 0 heterocycles. The van der Waals surface area contributed by atoms with Gasteiger partial charge in [-0.05, 0) is 18.8 Å². The molecule has 4 heteroatoms. The molecule has 3 atom stereocenters. The molecule has 0 saturated heterocycles. The maximum absolute atomic E-state index is 10.8. The number of hydrogen-bond donors (Lipinski definition) is 3. The second-order valence-electron chi connectivity index (χ2n) is 3.70. The summed E-state index contributed by atoms with van der Waals surface area (Å²) in [6, 6.07) is 0. The Balaban J connectivity index is 2.61. The van der Waals surface area contributed by atoms with Crippen molar-refractivity contribution in [1.29, 1.82) is 0 Å². The van der Waals surface area contributed by atoms with Crippen LogP contribution in [0.15, 0.2) is 0 Å². The predicted octanol–water partition coefficient (Wildman–Crippen LogP) is 0.197. The van der Waals surface area contributed by atoms with E-state index in [9.17, 15) is 9.90 Å². The number of carboxylic acids is 1. The monoisotopic (exact) mass is 187 g/mol. The van der Waals surface area contributed by atoms with Gasteiger partial charge in [0.05, 0.1) is 12.0 Å². The lowest BCUT2D eigenvalue weighted by Gasteiger charge is -2.31. The quantitative estimate of drug-likeness (QED) is 0.589. The molecule has 0 bridgehead atoms. The van der Waals surface area contributed by atoms with Gasteiger partial charge in [-0.1, -0.05) is 12.8 Å². The topological polar surface area (TPSA) is 83.5 Å². The van der Waals surface area contributed by atoms with Gasteiger partial charge in [0.2, 0.25) is 0 Å². The van der Waals surface area contributed by atoms with Crippen molar-refractivity contribution in [3.8, 4) is 0 Å². The summed E-state index contributed by atoms with van der Waals surface area (Å²) in [5.74, 6) is -1.33. The van der Waals surface area contributed by atoms with Gasteiger partial charge in [0.15, 0.2) is 0 Å². The number of carboxylic acid groups (broad SMARTS) is 1. The van der Waals surface area contributed by atoms with Crippen molar-refractivity contribution < 1.29 is 15.0 Å². The fraction of sp³-hybridized carbons (Fsp3) is 0.889. The lowest BCUT2D eigenvalue weighted by Crippen LogP contribution is -2.39. The first kappa shape index (κ1) is 10.5. The third-order valence-electron chi connectivity index (χ3n) is 2.87. The number of aliphatic carboxylic acids is 1. The molecule has 0 aliphatic heterocycles. The molecule has 13 heavy (non-hydrogen) atoms. The third-order valence-corrected chi connectivity index (χ3v) is 2.87. The summed E-state index contributed by atoms with van der Waals surface area (Å²) in [5, 5.41) is 18.4. The molecule has 76 valence electrons. The van der Waals surface area contributed by atoms with Gasteiger partial charge >= 0.3 is 5.97 Å². The summed E-state index contributed by atoms with van der Waals surface area (Å²) in [5.41, 5.74) is 5.32. The van der Waals surface area contributed by atoms with Crippen LogP contribution in [-0.2, 0) is 4.79 Å². The van der Waals surface area contributed by atoms with E-state index in [1.54, 1.807) is 0 Å². The van der Waals surface area contributed by atoms with E-state index >= 15 is 0 Å².